The Hall–Kier alpha value is -1.04. The summed E-state index contributed by atoms with van der Waals surface area (Å²) in [5.41, 5.74) is 2.51. The van der Waals surface area contributed by atoms with E-state index in [0.717, 1.165) is 25.6 Å². The van der Waals surface area contributed by atoms with Crippen molar-refractivity contribution in [2.24, 2.45) is 0 Å². The first-order valence-corrected chi connectivity index (χ1v) is 7.92. The zero-order chi connectivity index (χ0) is 15.6. The maximum absolute atomic E-state index is 10.7. The first-order valence-electron chi connectivity index (χ1n) is 6.33. The molecule has 0 aliphatic heterocycles. The second-order valence-corrected chi connectivity index (χ2v) is 6.40. The van der Waals surface area contributed by atoms with Crippen LogP contribution in [0.3, 0.4) is 0 Å². The highest BCUT2D eigenvalue weighted by Crippen LogP contribution is 2.37. The van der Waals surface area contributed by atoms with Crippen molar-refractivity contribution < 1.29 is 14.6 Å². The van der Waals surface area contributed by atoms with E-state index in [1.807, 2.05) is 37.3 Å². The smallest absolute Gasteiger partial charge is 0.161 e. The topological polar surface area (TPSA) is 38.7 Å². The van der Waals surface area contributed by atoms with Gasteiger partial charge in [0.05, 0.1) is 14.2 Å². The zero-order valence-corrected chi connectivity index (χ0v) is 15.2. The van der Waals surface area contributed by atoms with Gasteiger partial charge in [0.15, 0.2) is 11.5 Å². The largest absolute Gasteiger partial charge is 0.493 e. The fourth-order valence-corrected chi connectivity index (χ4v) is 3.02. The van der Waals surface area contributed by atoms with Crippen molar-refractivity contribution in [1.82, 2.24) is 0 Å². The number of aliphatic hydroxyl groups excluding tert-OH is 1. The second-order valence-electron chi connectivity index (χ2n) is 4.63. The molecule has 0 spiro atoms. The Balaban J connectivity index is 2.52. The Labute approximate surface area is 141 Å². The quantitative estimate of drug-likeness (QED) is 0.791. The van der Waals surface area contributed by atoms with E-state index in [1.165, 1.54) is 0 Å². The molecule has 0 heterocycles. The SMILES string of the molecule is COc1cc(C)c(C(O)c2cc(Br)ccc2Br)cc1OC. The van der Waals surface area contributed by atoms with Gasteiger partial charge < -0.3 is 14.6 Å². The molecular weight excluding hydrogens is 400 g/mol. The molecule has 1 N–H and O–H groups in total. The normalized spacial score (nSPS) is 12.1. The molecule has 0 fully saturated rings. The number of aliphatic hydroxyl groups is 1. The lowest BCUT2D eigenvalue weighted by Crippen LogP contribution is -2.04. The van der Waals surface area contributed by atoms with E-state index in [0.29, 0.717) is 11.5 Å². The summed E-state index contributed by atoms with van der Waals surface area (Å²) in [5, 5.41) is 10.7. The average molecular weight is 416 g/mol. The molecule has 3 nitrogen and oxygen atoms in total. The van der Waals surface area contributed by atoms with Gasteiger partial charge in [0.2, 0.25) is 0 Å². The van der Waals surface area contributed by atoms with E-state index in [1.54, 1.807) is 14.2 Å². The van der Waals surface area contributed by atoms with Crippen LogP contribution in [0.15, 0.2) is 39.3 Å². The molecule has 112 valence electrons. The van der Waals surface area contributed by atoms with E-state index < -0.39 is 6.10 Å². The van der Waals surface area contributed by atoms with Gasteiger partial charge >= 0.3 is 0 Å². The highest BCUT2D eigenvalue weighted by molar-refractivity contribution is 9.11. The monoisotopic (exact) mass is 414 g/mol. The summed E-state index contributed by atoms with van der Waals surface area (Å²) in [6, 6.07) is 9.39. The number of halogens is 2. The molecule has 5 heteroatoms. The number of methoxy groups -OCH3 is 2. The number of benzene rings is 2. The van der Waals surface area contributed by atoms with Crippen LogP contribution in [-0.2, 0) is 0 Å². The number of aryl methyl sites for hydroxylation is 1. The van der Waals surface area contributed by atoms with Gasteiger partial charge in [0.25, 0.3) is 0 Å². The van der Waals surface area contributed by atoms with Gasteiger partial charge in [-0.2, -0.15) is 0 Å². The third-order valence-electron chi connectivity index (χ3n) is 3.32. The van der Waals surface area contributed by atoms with Crippen LogP contribution >= 0.6 is 31.9 Å². The van der Waals surface area contributed by atoms with Crippen LogP contribution in [0.25, 0.3) is 0 Å². The van der Waals surface area contributed by atoms with Gasteiger partial charge in [-0.15, -0.1) is 0 Å². The summed E-state index contributed by atoms with van der Waals surface area (Å²) in [5.74, 6) is 1.25. The molecule has 0 aromatic heterocycles. The van der Waals surface area contributed by atoms with Crippen molar-refractivity contribution in [2.75, 3.05) is 14.2 Å². The first-order chi connectivity index (χ1) is 9.97. The molecule has 0 aliphatic rings. The van der Waals surface area contributed by atoms with E-state index in [-0.39, 0.29) is 0 Å². The Morgan fingerprint density at radius 3 is 2.19 bits per heavy atom. The molecule has 21 heavy (non-hydrogen) atoms. The van der Waals surface area contributed by atoms with Gasteiger partial charge in [-0.05, 0) is 48.4 Å². The summed E-state index contributed by atoms with van der Waals surface area (Å²) in [6.45, 7) is 1.94. The standard InChI is InChI=1S/C16H16Br2O3/c1-9-6-14(20-2)15(21-3)8-11(9)16(19)12-7-10(17)4-5-13(12)18/h4-8,16,19H,1-3H3. The lowest BCUT2D eigenvalue weighted by atomic mass is 9.97. The van der Waals surface area contributed by atoms with E-state index in [4.69, 9.17) is 9.47 Å². The Morgan fingerprint density at radius 1 is 0.952 bits per heavy atom. The lowest BCUT2D eigenvalue weighted by molar-refractivity contribution is 0.218. The summed E-state index contributed by atoms with van der Waals surface area (Å²) in [6.07, 6.45) is -0.753. The first kappa shape index (κ1) is 16.3. The predicted octanol–water partition coefficient (Wildman–Crippen LogP) is 4.62. The summed E-state index contributed by atoms with van der Waals surface area (Å²) in [4.78, 5) is 0. The van der Waals surface area contributed by atoms with E-state index in [2.05, 4.69) is 31.9 Å². The lowest BCUT2D eigenvalue weighted by Gasteiger charge is -2.18. The molecule has 1 atom stereocenters. The zero-order valence-electron chi connectivity index (χ0n) is 12.0. The number of ether oxygens (including phenoxy) is 2. The van der Waals surface area contributed by atoms with Crippen LogP contribution in [0.5, 0.6) is 11.5 Å². The minimum atomic E-state index is -0.753. The van der Waals surface area contributed by atoms with Crippen LogP contribution < -0.4 is 9.47 Å². The van der Waals surface area contributed by atoms with Crippen molar-refractivity contribution in [3.63, 3.8) is 0 Å². The molecule has 0 aliphatic carbocycles. The van der Waals surface area contributed by atoms with Gasteiger partial charge in [-0.25, -0.2) is 0 Å². The van der Waals surface area contributed by atoms with Crippen molar-refractivity contribution in [3.05, 3.63) is 56.0 Å². The maximum Gasteiger partial charge on any atom is 0.161 e. The molecule has 1 unspecified atom stereocenters. The Morgan fingerprint density at radius 2 is 1.57 bits per heavy atom. The Kier molecular flexibility index (Phi) is 5.30. The summed E-state index contributed by atoms with van der Waals surface area (Å²) < 4.78 is 12.4. The Bertz CT molecular complexity index is 656. The molecule has 0 saturated heterocycles. The fraction of sp³-hybridized carbons (Fsp3) is 0.250. The molecule has 0 amide bonds. The maximum atomic E-state index is 10.7. The minimum Gasteiger partial charge on any atom is -0.493 e. The molecule has 0 radical (unpaired) electrons. The van der Waals surface area contributed by atoms with Crippen LogP contribution in [0, 0.1) is 6.92 Å². The molecular formula is C16H16Br2O3. The van der Waals surface area contributed by atoms with Crippen molar-refractivity contribution in [1.29, 1.82) is 0 Å². The van der Waals surface area contributed by atoms with E-state index in [9.17, 15) is 5.11 Å². The summed E-state index contributed by atoms with van der Waals surface area (Å²) >= 11 is 6.91. The van der Waals surface area contributed by atoms with Crippen LogP contribution in [0.2, 0.25) is 0 Å². The molecule has 2 aromatic rings. The number of hydrogen-bond donors (Lipinski definition) is 1. The number of hydrogen-bond acceptors (Lipinski definition) is 3. The van der Waals surface area contributed by atoms with Crippen LogP contribution in [0.4, 0.5) is 0 Å². The highest BCUT2D eigenvalue weighted by atomic mass is 79.9. The fourth-order valence-electron chi connectivity index (χ4n) is 2.18. The van der Waals surface area contributed by atoms with Gasteiger partial charge in [0.1, 0.15) is 6.10 Å². The molecule has 2 rings (SSSR count). The predicted molar refractivity (Wildman–Crippen MR) is 90.2 cm³/mol. The molecule has 0 saturated carbocycles. The molecule has 2 aromatic carbocycles. The van der Waals surface area contributed by atoms with Crippen LogP contribution in [-0.4, -0.2) is 19.3 Å². The van der Waals surface area contributed by atoms with Gasteiger partial charge in [0, 0.05) is 14.5 Å². The van der Waals surface area contributed by atoms with Crippen LogP contribution in [0.1, 0.15) is 22.8 Å². The second kappa shape index (κ2) is 6.81. The average Bonchev–Trinajstić information content (AvgIpc) is 2.48. The highest BCUT2D eigenvalue weighted by Gasteiger charge is 2.19. The third kappa shape index (κ3) is 3.42. The third-order valence-corrected chi connectivity index (χ3v) is 4.53. The molecule has 0 bridgehead atoms. The van der Waals surface area contributed by atoms with Gasteiger partial charge in [-0.1, -0.05) is 31.9 Å². The van der Waals surface area contributed by atoms with E-state index >= 15 is 0 Å². The van der Waals surface area contributed by atoms with Crippen molar-refractivity contribution >= 4 is 31.9 Å². The minimum absolute atomic E-state index is 0.600. The van der Waals surface area contributed by atoms with Crippen molar-refractivity contribution in [3.8, 4) is 11.5 Å². The van der Waals surface area contributed by atoms with Crippen molar-refractivity contribution in [2.45, 2.75) is 13.0 Å². The number of rotatable bonds is 4. The summed E-state index contributed by atoms with van der Waals surface area (Å²) in [7, 11) is 3.18. The van der Waals surface area contributed by atoms with Gasteiger partial charge in [-0.3, -0.25) is 0 Å².